The van der Waals surface area contributed by atoms with Gasteiger partial charge in [0.1, 0.15) is 5.75 Å². The highest BCUT2D eigenvalue weighted by atomic mass is 16.5. The fraction of sp³-hybridized carbons (Fsp3) is 0.348. The van der Waals surface area contributed by atoms with Gasteiger partial charge in [0.2, 0.25) is 5.88 Å². The predicted molar refractivity (Wildman–Crippen MR) is 114 cm³/mol. The number of carbonyl (C=O) groups is 1. The van der Waals surface area contributed by atoms with Crippen molar-refractivity contribution in [2.24, 2.45) is 10.2 Å². The number of hydrogen-bond donors (Lipinski definition) is 1. The summed E-state index contributed by atoms with van der Waals surface area (Å²) in [5, 5.41) is 19.1. The number of benzene rings is 2. The van der Waals surface area contributed by atoms with E-state index in [1.54, 1.807) is 4.57 Å². The Hall–Kier alpha value is -3.15. The van der Waals surface area contributed by atoms with E-state index in [9.17, 15) is 9.90 Å². The molecule has 0 aliphatic carbocycles. The summed E-state index contributed by atoms with van der Waals surface area (Å²) in [4.78, 5) is 12.1. The molecule has 0 saturated heterocycles. The third kappa shape index (κ3) is 4.47. The largest absolute Gasteiger partial charge is 0.493 e. The number of ether oxygens (including phenoxy) is 1. The molecule has 0 atom stereocenters. The number of aromatic hydroxyl groups is 1. The second kappa shape index (κ2) is 8.07. The summed E-state index contributed by atoms with van der Waals surface area (Å²) in [6, 6.07) is 15.2. The lowest BCUT2D eigenvalue weighted by molar-refractivity contribution is -0.120. The molecule has 2 aromatic carbocycles. The maximum atomic E-state index is 12.1. The first-order chi connectivity index (χ1) is 13.7. The summed E-state index contributed by atoms with van der Waals surface area (Å²) in [6.07, 6.45) is 0. The van der Waals surface area contributed by atoms with Crippen LogP contribution in [-0.2, 0) is 10.2 Å². The van der Waals surface area contributed by atoms with Crippen LogP contribution in [0, 0.1) is 0 Å². The van der Waals surface area contributed by atoms with Gasteiger partial charge in [-0.1, -0.05) is 51.1 Å². The molecular weight excluding hydrogens is 366 g/mol. The highest BCUT2D eigenvalue weighted by Crippen LogP contribution is 2.40. The van der Waals surface area contributed by atoms with Crippen molar-refractivity contribution in [1.29, 1.82) is 0 Å². The van der Waals surface area contributed by atoms with E-state index in [1.807, 2.05) is 62.4 Å². The summed E-state index contributed by atoms with van der Waals surface area (Å²) in [7, 11) is 0. The number of hydrogen-bond acceptors (Lipinski definition) is 4. The molecule has 1 amide bonds. The van der Waals surface area contributed by atoms with Gasteiger partial charge in [0.05, 0.1) is 5.52 Å². The number of aromatic nitrogens is 1. The lowest BCUT2D eigenvalue weighted by Crippen LogP contribution is -2.11. The lowest BCUT2D eigenvalue weighted by atomic mass is 9.87. The highest BCUT2D eigenvalue weighted by Gasteiger charge is 2.18. The molecule has 152 valence electrons. The first kappa shape index (κ1) is 20.6. The summed E-state index contributed by atoms with van der Waals surface area (Å²) < 4.78 is 7.28. The van der Waals surface area contributed by atoms with Crippen LogP contribution in [-0.4, -0.2) is 22.2 Å². The minimum absolute atomic E-state index is 0.00330. The molecule has 1 aromatic heterocycles. The smallest absolute Gasteiger partial charge is 0.302 e. The highest BCUT2D eigenvalue weighted by molar-refractivity contribution is 5.95. The molecule has 0 fully saturated rings. The van der Waals surface area contributed by atoms with Crippen molar-refractivity contribution in [2.45, 2.75) is 46.1 Å². The number of rotatable bonds is 5. The van der Waals surface area contributed by atoms with Gasteiger partial charge in [0.25, 0.3) is 0 Å². The molecular formula is C23H27N3O3. The Kier molecular flexibility index (Phi) is 5.73. The molecule has 0 spiro atoms. The van der Waals surface area contributed by atoms with Crippen LogP contribution in [0.1, 0.15) is 46.2 Å². The SMILES string of the molecule is CC(C)n1c(O)c(N=NC(=O)COc2ccc(C(C)(C)C)cc2)c2ccccc21. The van der Waals surface area contributed by atoms with Gasteiger partial charge in [0.15, 0.2) is 12.3 Å². The minimum atomic E-state index is -0.523. The first-order valence-corrected chi connectivity index (χ1v) is 9.68. The van der Waals surface area contributed by atoms with E-state index >= 15 is 0 Å². The van der Waals surface area contributed by atoms with Crippen molar-refractivity contribution in [1.82, 2.24) is 4.57 Å². The minimum Gasteiger partial charge on any atom is -0.493 e. The standard InChI is InChI=1S/C23H27N3O3/c1-15(2)26-19-9-7-6-8-18(19)21(22(26)28)25-24-20(27)14-29-17-12-10-16(11-13-17)23(3,4)5/h6-13,15,28H,14H2,1-5H3. The summed E-state index contributed by atoms with van der Waals surface area (Å²) in [5.41, 5.74) is 2.38. The second-order valence-electron chi connectivity index (χ2n) is 8.31. The number of nitrogens with zero attached hydrogens (tertiary/aromatic N) is 3. The summed E-state index contributed by atoms with van der Waals surface area (Å²) >= 11 is 0. The molecule has 0 bridgehead atoms. The Balaban J connectivity index is 1.72. The third-order valence-electron chi connectivity index (χ3n) is 4.72. The van der Waals surface area contributed by atoms with Crippen molar-refractivity contribution in [3.05, 3.63) is 54.1 Å². The molecule has 0 radical (unpaired) electrons. The van der Waals surface area contributed by atoms with Crippen molar-refractivity contribution in [2.75, 3.05) is 6.61 Å². The Bertz CT molecular complexity index is 1040. The van der Waals surface area contributed by atoms with E-state index in [2.05, 4.69) is 31.0 Å². The Labute approximate surface area is 170 Å². The lowest BCUT2D eigenvalue weighted by Gasteiger charge is -2.19. The van der Waals surface area contributed by atoms with E-state index < -0.39 is 5.91 Å². The van der Waals surface area contributed by atoms with Crippen LogP contribution in [0.15, 0.2) is 58.8 Å². The Morgan fingerprint density at radius 3 is 2.38 bits per heavy atom. The van der Waals surface area contributed by atoms with Crippen molar-refractivity contribution < 1.29 is 14.6 Å². The topological polar surface area (TPSA) is 76.2 Å². The van der Waals surface area contributed by atoms with Crippen molar-refractivity contribution in [3.8, 4) is 11.6 Å². The van der Waals surface area contributed by atoms with Crippen molar-refractivity contribution >= 4 is 22.5 Å². The fourth-order valence-electron chi connectivity index (χ4n) is 3.18. The maximum Gasteiger partial charge on any atom is 0.302 e. The third-order valence-corrected chi connectivity index (χ3v) is 4.72. The maximum absolute atomic E-state index is 12.1. The van der Waals surface area contributed by atoms with Crippen LogP contribution in [0.4, 0.5) is 5.69 Å². The molecule has 6 nitrogen and oxygen atoms in total. The second-order valence-corrected chi connectivity index (χ2v) is 8.31. The van der Waals surface area contributed by atoms with Crippen molar-refractivity contribution in [3.63, 3.8) is 0 Å². The van der Waals surface area contributed by atoms with Crippen LogP contribution in [0.5, 0.6) is 11.6 Å². The zero-order valence-electron chi connectivity index (χ0n) is 17.5. The quantitative estimate of drug-likeness (QED) is 0.547. The van der Waals surface area contributed by atoms with Crippen LogP contribution in [0.3, 0.4) is 0 Å². The monoisotopic (exact) mass is 393 g/mol. The molecule has 1 heterocycles. The summed E-state index contributed by atoms with van der Waals surface area (Å²) in [5.74, 6) is 0.0721. The number of amides is 1. The Morgan fingerprint density at radius 1 is 1.10 bits per heavy atom. The van der Waals surface area contributed by atoms with E-state index in [0.717, 1.165) is 10.9 Å². The predicted octanol–water partition coefficient (Wildman–Crippen LogP) is 5.91. The molecule has 0 saturated carbocycles. The van der Waals surface area contributed by atoms with Gasteiger partial charge in [-0.25, -0.2) is 0 Å². The molecule has 0 unspecified atom stereocenters. The molecule has 0 aliphatic rings. The zero-order chi connectivity index (χ0) is 21.2. The van der Waals surface area contributed by atoms with Gasteiger partial charge < -0.3 is 14.4 Å². The van der Waals surface area contributed by atoms with Gasteiger partial charge >= 0.3 is 5.91 Å². The van der Waals surface area contributed by atoms with E-state index in [4.69, 9.17) is 4.74 Å². The number of fused-ring (bicyclic) bond motifs is 1. The van der Waals surface area contributed by atoms with Crippen LogP contribution < -0.4 is 4.74 Å². The molecule has 3 aromatic rings. The van der Waals surface area contributed by atoms with Gasteiger partial charge in [-0.05, 0) is 43.0 Å². The van der Waals surface area contributed by atoms with Crippen LogP contribution >= 0.6 is 0 Å². The van der Waals surface area contributed by atoms with Gasteiger partial charge in [0, 0.05) is 11.4 Å². The first-order valence-electron chi connectivity index (χ1n) is 9.68. The number of carbonyl (C=O) groups excluding carboxylic acids is 1. The van der Waals surface area contributed by atoms with Gasteiger partial charge in [-0.2, -0.15) is 0 Å². The van der Waals surface area contributed by atoms with E-state index in [1.165, 1.54) is 5.56 Å². The molecule has 6 heteroatoms. The molecule has 1 N–H and O–H groups in total. The van der Waals surface area contributed by atoms with Gasteiger partial charge in [-0.3, -0.25) is 4.79 Å². The zero-order valence-corrected chi connectivity index (χ0v) is 17.5. The van der Waals surface area contributed by atoms with Crippen LogP contribution in [0.25, 0.3) is 10.9 Å². The molecule has 29 heavy (non-hydrogen) atoms. The number of azo groups is 1. The number of para-hydroxylation sites is 1. The van der Waals surface area contributed by atoms with Gasteiger partial charge in [-0.15, -0.1) is 10.2 Å². The normalized spacial score (nSPS) is 12.2. The average molecular weight is 393 g/mol. The van der Waals surface area contributed by atoms with Crippen LogP contribution in [0.2, 0.25) is 0 Å². The molecule has 0 aliphatic heterocycles. The summed E-state index contributed by atoms with van der Waals surface area (Å²) in [6.45, 7) is 10.1. The van der Waals surface area contributed by atoms with E-state index in [0.29, 0.717) is 5.75 Å². The molecule has 3 rings (SSSR count). The average Bonchev–Trinajstić information content (AvgIpc) is 2.95. The fourth-order valence-corrected chi connectivity index (χ4v) is 3.18. The Morgan fingerprint density at radius 2 is 1.76 bits per heavy atom. The van der Waals surface area contributed by atoms with E-state index in [-0.39, 0.29) is 29.6 Å².